The highest BCUT2D eigenvalue weighted by atomic mass is 16.2. The number of benzene rings is 2. The van der Waals surface area contributed by atoms with Gasteiger partial charge in [0.05, 0.1) is 5.52 Å². The molecule has 1 aromatic heterocycles. The van der Waals surface area contributed by atoms with E-state index in [1.807, 2.05) is 37.3 Å². The Bertz CT molecular complexity index is 1030. The minimum Gasteiger partial charge on any atom is -0.343 e. The zero-order chi connectivity index (χ0) is 16.8. The Hall–Kier alpha value is -2.88. The number of hydrogen-bond donors (Lipinski definition) is 1. The number of amides is 1. The van der Waals surface area contributed by atoms with E-state index >= 15 is 0 Å². The molecule has 0 saturated carbocycles. The van der Waals surface area contributed by atoms with Gasteiger partial charge in [-0.2, -0.15) is 0 Å². The molecule has 0 saturated heterocycles. The molecule has 1 amide bonds. The van der Waals surface area contributed by atoms with Crippen LogP contribution in [0.4, 0.5) is 5.69 Å². The number of carbonyl (C=O) groups excluding carboxylic acids is 1. The summed E-state index contributed by atoms with van der Waals surface area (Å²) in [6.45, 7) is 4.03. The van der Waals surface area contributed by atoms with Gasteiger partial charge in [-0.1, -0.05) is 30.3 Å². The maximum absolute atomic E-state index is 12.8. The van der Waals surface area contributed by atoms with E-state index < -0.39 is 0 Å². The van der Waals surface area contributed by atoms with Crippen LogP contribution in [0.3, 0.4) is 0 Å². The van der Waals surface area contributed by atoms with Gasteiger partial charge in [-0.05, 0) is 43.5 Å². The van der Waals surface area contributed by atoms with Crippen molar-refractivity contribution in [1.82, 2.24) is 4.57 Å². The first kappa shape index (κ1) is 14.7. The first-order chi connectivity index (χ1) is 11.6. The van der Waals surface area contributed by atoms with E-state index in [4.69, 9.17) is 0 Å². The summed E-state index contributed by atoms with van der Waals surface area (Å²) in [5.74, 6) is -0.357. The fourth-order valence-corrected chi connectivity index (χ4v) is 3.48. The van der Waals surface area contributed by atoms with E-state index in [1.165, 1.54) is 5.56 Å². The molecule has 1 atom stereocenters. The standard InChI is InChI=1S/C20H18N2O2/c1-12-6-3-4-9-17(12)21-20(24)16-11-22-13(2)10-14-7-5-8-15(18(14)22)19(16)23/h3-9,11,13H,10H2,1-2H3,(H,21,24)/t13-/m1/s1. The van der Waals surface area contributed by atoms with Gasteiger partial charge in [0, 0.05) is 23.3 Å². The third kappa shape index (κ3) is 2.14. The van der Waals surface area contributed by atoms with Gasteiger partial charge in [0.25, 0.3) is 5.91 Å². The van der Waals surface area contributed by atoms with Crippen LogP contribution in [-0.2, 0) is 6.42 Å². The highest BCUT2D eigenvalue weighted by Gasteiger charge is 2.24. The summed E-state index contributed by atoms with van der Waals surface area (Å²) in [5.41, 5.74) is 3.81. The minimum atomic E-state index is -0.357. The lowest BCUT2D eigenvalue weighted by Gasteiger charge is -2.13. The van der Waals surface area contributed by atoms with E-state index in [0.717, 1.165) is 23.2 Å². The van der Waals surface area contributed by atoms with Crippen LogP contribution >= 0.6 is 0 Å². The highest BCUT2D eigenvalue weighted by molar-refractivity contribution is 6.06. The molecule has 1 aliphatic rings. The SMILES string of the molecule is Cc1ccccc1NC(=O)c1cn2c3c(cccc3c1=O)C[C@H]2C. The van der Waals surface area contributed by atoms with Crippen molar-refractivity contribution in [3.8, 4) is 0 Å². The van der Waals surface area contributed by atoms with Crippen molar-refractivity contribution in [1.29, 1.82) is 0 Å². The van der Waals surface area contributed by atoms with Crippen LogP contribution in [-0.4, -0.2) is 10.5 Å². The maximum atomic E-state index is 12.8. The summed E-state index contributed by atoms with van der Waals surface area (Å²) < 4.78 is 2.05. The number of aromatic nitrogens is 1. The molecule has 0 unspecified atom stereocenters. The molecule has 24 heavy (non-hydrogen) atoms. The van der Waals surface area contributed by atoms with Gasteiger partial charge in [0.2, 0.25) is 5.43 Å². The Balaban J connectivity index is 1.84. The molecular weight excluding hydrogens is 300 g/mol. The van der Waals surface area contributed by atoms with Gasteiger partial charge < -0.3 is 9.88 Å². The molecule has 2 heterocycles. The summed E-state index contributed by atoms with van der Waals surface area (Å²) in [6, 6.07) is 13.5. The van der Waals surface area contributed by atoms with Crippen molar-refractivity contribution in [3.63, 3.8) is 0 Å². The monoisotopic (exact) mass is 318 g/mol. The van der Waals surface area contributed by atoms with Gasteiger partial charge >= 0.3 is 0 Å². The molecular formula is C20H18N2O2. The Labute approximate surface area is 139 Å². The Kier molecular flexibility index (Phi) is 3.27. The van der Waals surface area contributed by atoms with Crippen molar-refractivity contribution in [3.05, 3.63) is 75.6 Å². The highest BCUT2D eigenvalue weighted by Crippen LogP contribution is 2.31. The van der Waals surface area contributed by atoms with E-state index in [0.29, 0.717) is 5.39 Å². The van der Waals surface area contributed by atoms with Gasteiger partial charge in [-0.3, -0.25) is 9.59 Å². The normalized spacial score (nSPS) is 15.7. The van der Waals surface area contributed by atoms with Gasteiger partial charge in [-0.25, -0.2) is 0 Å². The maximum Gasteiger partial charge on any atom is 0.261 e. The number of para-hydroxylation sites is 2. The second-order valence-corrected chi connectivity index (χ2v) is 6.41. The van der Waals surface area contributed by atoms with Crippen molar-refractivity contribution in [2.24, 2.45) is 0 Å². The molecule has 1 N–H and O–H groups in total. The molecule has 4 nitrogen and oxygen atoms in total. The summed E-state index contributed by atoms with van der Waals surface area (Å²) in [6.07, 6.45) is 2.60. The van der Waals surface area contributed by atoms with Crippen LogP contribution in [0.2, 0.25) is 0 Å². The predicted molar refractivity (Wildman–Crippen MR) is 95.8 cm³/mol. The fraction of sp³-hybridized carbons (Fsp3) is 0.200. The fourth-order valence-electron chi connectivity index (χ4n) is 3.48. The van der Waals surface area contributed by atoms with Gasteiger partial charge in [0.1, 0.15) is 5.56 Å². The lowest BCUT2D eigenvalue weighted by molar-refractivity contribution is 0.102. The molecule has 0 spiro atoms. The third-order valence-electron chi connectivity index (χ3n) is 4.76. The van der Waals surface area contributed by atoms with Crippen LogP contribution in [0.5, 0.6) is 0 Å². The molecule has 4 rings (SSSR count). The van der Waals surface area contributed by atoms with Crippen molar-refractivity contribution in [2.45, 2.75) is 26.3 Å². The Morgan fingerprint density at radius 1 is 1.17 bits per heavy atom. The quantitative estimate of drug-likeness (QED) is 0.783. The first-order valence-electron chi connectivity index (χ1n) is 8.10. The lowest BCUT2D eigenvalue weighted by atomic mass is 10.1. The Morgan fingerprint density at radius 3 is 2.75 bits per heavy atom. The van der Waals surface area contributed by atoms with Crippen LogP contribution in [0.25, 0.3) is 10.9 Å². The largest absolute Gasteiger partial charge is 0.343 e. The Morgan fingerprint density at radius 2 is 1.96 bits per heavy atom. The zero-order valence-corrected chi connectivity index (χ0v) is 13.7. The molecule has 0 aliphatic carbocycles. The van der Waals surface area contributed by atoms with Crippen molar-refractivity contribution in [2.75, 3.05) is 5.32 Å². The first-order valence-corrected chi connectivity index (χ1v) is 8.10. The zero-order valence-electron chi connectivity index (χ0n) is 13.7. The summed E-state index contributed by atoms with van der Waals surface area (Å²) in [4.78, 5) is 25.5. The van der Waals surface area contributed by atoms with Crippen LogP contribution in [0.1, 0.15) is 34.5 Å². The lowest BCUT2D eigenvalue weighted by Crippen LogP contribution is -2.24. The van der Waals surface area contributed by atoms with E-state index in [9.17, 15) is 9.59 Å². The van der Waals surface area contributed by atoms with E-state index in [-0.39, 0.29) is 22.9 Å². The molecule has 1 aliphatic heterocycles. The second kappa shape index (κ2) is 5.34. The van der Waals surface area contributed by atoms with Crippen molar-refractivity contribution < 1.29 is 4.79 Å². The summed E-state index contributed by atoms with van der Waals surface area (Å²) >= 11 is 0. The van der Waals surface area contributed by atoms with Gasteiger partial charge in [0.15, 0.2) is 0 Å². The van der Waals surface area contributed by atoms with Crippen LogP contribution in [0, 0.1) is 6.92 Å². The van der Waals surface area contributed by atoms with Gasteiger partial charge in [-0.15, -0.1) is 0 Å². The molecule has 4 heteroatoms. The van der Waals surface area contributed by atoms with Crippen LogP contribution < -0.4 is 10.7 Å². The number of nitrogens with one attached hydrogen (secondary N) is 1. The third-order valence-corrected chi connectivity index (χ3v) is 4.76. The average Bonchev–Trinajstić information content (AvgIpc) is 2.89. The van der Waals surface area contributed by atoms with Crippen LogP contribution in [0.15, 0.2) is 53.5 Å². The average molecular weight is 318 g/mol. The second-order valence-electron chi connectivity index (χ2n) is 6.41. The number of carbonyl (C=O) groups is 1. The topological polar surface area (TPSA) is 51.1 Å². The molecule has 0 bridgehead atoms. The summed E-state index contributed by atoms with van der Waals surface area (Å²) in [5, 5.41) is 3.48. The smallest absolute Gasteiger partial charge is 0.261 e. The van der Waals surface area contributed by atoms with E-state index in [1.54, 1.807) is 12.3 Å². The number of anilines is 1. The predicted octanol–water partition coefficient (Wildman–Crippen LogP) is 3.68. The van der Waals surface area contributed by atoms with Crippen molar-refractivity contribution >= 4 is 22.5 Å². The summed E-state index contributed by atoms with van der Waals surface area (Å²) in [7, 11) is 0. The molecule has 0 fully saturated rings. The number of pyridine rings is 1. The minimum absolute atomic E-state index is 0.191. The number of rotatable bonds is 2. The number of nitrogens with zero attached hydrogens (tertiary/aromatic N) is 1. The number of hydrogen-bond acceptors (Lipinski definition) is 2. The molecule has 0 radical (unpaired) electrons. The number of aryl methyl sites for hydroxylation is 1. The van der Waals surface area contributed by atoms with E-state index in [2.05, 4.69) is 22.9 Å². The molecule has 2 aromatic carbocycles. The molecule has 3 aromatic rings. The molecule has 120 valence electrons.